The Bertz CT molecular complexity index is 382. The summed E-state index contributed by atoms with van der Waals surface area (Å²) in [6, 6.07) is 0. The zero-order valence-corrected chi connectivity index (χ0v) is 11.8. The molecule has 7 heteroatoms. The number of nitrogens with zero attached hydrogens (tertiary/aromatic N) is 3. The SMILES string of the molecule is CCSCCCn1nnc(C(=O)OC)c1COC. The summed E-state index contributed by atoms with van der Waals surface area (Å²) in [5.41, 5.74) is 0.911. The molecule has 0 spiro atoms. The van der Waals surface area contributed by atoms with Gasteiger partial charge < -0.3 is 9.47 Å². The molecular weight excluding hydrogens is 254 g/mol. The smallest absolute Gasteiger partial charge is 0.360 e. The molecule has 1 aromatic heterocycles. The minimum atomic E-state index is -0.476. The summed E-state index contributed by atoms with van der Waals surface area (Å²) in [5.74, 6) is 1.70. The van der Waals surface area contributed by atoms with Gasteiger partial charge in [-0.3, -0.25) is 0 Å². The summed E-state index contributed by atoms with van der Waals surface area (Å²) in [6.07, 6.45) is 0.985. The van der Waals surface area contributed by atoms with Gasteiger partial charge in [0, 0.05) is 13.7 Å². The van der Waals surface area contributed by atoms with Crippen molar-refractivity contribution in [2.75, 3.05) is 25.7 Å². The van der Waals surface area contributed by atoms with Gasteiger partial charge in [0.25, 0.3) is 0 Å². The standard InChI is InChI=1S/C11H19N3O3S/c1-4-18-7-5-6-14-9(8-16-2)10(12-13-14)11(15)17-3/h4-8H2,1-3H3. The molecule has 102 valence electrons. The van der Waals surface area contributed by atoms with E-state index >= 15 is 0 Å². The Hall–Kier alpha value is -1.08. The molecule has 18 heavy (non-hydrogen) atoms. The van der Waals surface area contributed by atoms with Crippen molar-refractivity contribution < 1.29 is 14.3 Å². The van der Waals surface area contributed by atoms with Gasteiger partial charge in [0.05, 0.1) is 19.4 Å². The molecule has 0 saturated carbocycles. The Labute approximate surface area is 111 Å². The molecule has 1 aromatic rings. The number of aryl methyl sites for hydroxylation is 1. The van der Waals surface area contributed by atoms with Crippen LogP contribution in [0.4, 0.5) is 0 Å². The van der Waals surface area contributed by atoms with E-state index < -0.39 is 5.97 Å². The van der Waals surface area contributed by atoms with E-state index in [9.17, 15) is 4.79 Å². The molecular formula is C11H19N3O3S. The molecule has 1 rings (SSSR count). The molecule has 0 N–H and O–H groups in total. The topological polar surface area (TPSA) is 66.2 Å². The van der Waals surface area contributed by atoms with Crippen LogP contribution in [0.5, 0.6) is 0 Å². The number of methoxy groups -OCH3 is 2. The Morgan fingerprint density at radius 2 is 2.22 bits per heavy atom. The van der Waals surface area contributed by atoms with Crippen molar-refractivity contribution >= 4 is 17.7 Å². The third-order valence-corrected chi connectivity index (χ3v) is 3.35. The largest absolute Gasteiger partial charge is 0.464 e. The molecule has 0 aliphatic heterocycles. The molecule has 0 unspecified atom stereocenters. The van der Waals surface area contributed by atoms with Gasteiger partial charge in [0.2, 0.25) is 0 Å². The van der Waals surface area contributed by atoms with Gasteiger partial charge in [0.15, 0.2) is 5.69 Å². The summed E-state index contributed by atoms with van der Waals surface area (Å²) in [5, 5.41) is 7.83. The number of hydrogen-bond donors (Lipinski definition) is 0. The van der Waals surface area contributed by atoms with E-state index in [2.05, 4.69) is 22.0 Å². The highest BCUT2D eigenvalue weighted by Crippen LogP contribution is 2.10. The first-order chi connectivity index (χ1) is 8.74. The molecule has 6 nitrogen and oxygen atoms in total. The average Bonchev–Trinajstić information content (AvgIpc) is 2.77. The molecule has 0 fully saturated rings. The van der Waals surface area contributed by atoms with Crippen molar-refractivity contribution in [1.82, 2.24) is 15.0 Å². The number of carbonyl (C=O) groups is 1. The highest BCUT2D eigenvalue weighted by atomic mass is 32.2. The summed E-state index contributed by atoms with van der Waals surface area (Å²) < 4.78 is 11.5. The van der Waals surface area contributed by atoms with Gasteiger partial charge in [-0.2, -0.15) is 11.8 Å². The van der Waals surface area contributed by atoms with Crippen LogP contribution in [0, 0.1) is 0 Å². The molecule has 0 saturated heterocycles. The molecule has 1 heterocycles. The molecule has 0 radical (unpaired) electrons. The number of esters is 1. The highest BCUT2D eigenvalue weighted by molar-refractivity contribution is 7.99. The van der Waals surface area contributed by atoms with Crippen LogP contribution in [0.2, 0.25) is 0 Å². The lowest BCUT2D eigenvalue weighted by Gasteiger charge is -2.06. The fourth-order valence-corrected chi connectivity index (χ4v) is 2.13. The lowest BCUT2D eigenvalue weighted by molar-refractivity contribution is 0.0588. The average molecular weight is 273 g/mol. The second kappa shape index (κ2) is 8.10. The minimum absolute atomic E-state index is 0.238. The van der Waals surface area contributed by atoms with Crippen LogP contribution in [-0.2, 0) is 22.6 Å². The molecule has 0 atom stereocenters. The van der Waals surface area contributed by atoms with Gasteiger partial charge in [-0.15, -0.1) is 5.10 Å². The lowest BCUT2D eigenvalue weighted by Crippen LogP contribution is -2.11. The van der Waals surface area contributed by atoms with E-state index in [0.29, 0.717) is 12.3 Å². The first-order valence-corrected chi connectivity index (χ1v) is 6.97. The molecule has 0 amide bonds. The number of rotatable bonds is 8. The Balaban J connectivity index is 2.71. The van der Waals surface area contributed by atoms with Crippen LogP contribution in [-0.4, -0.2) is 46.7 Å². The van der Waals surface area contributed by atoms with Crippen LogP contribution in [0.3, 0.4) is 0 Å². The normalized spacial score (nSPS) is 10.6. The zero-order chi connectivity index (χ0) is 13.4. The molecule has 0 aromatic carbocycles. The van der Waals surface area contributed by atoms with Crippen molar-refractivity contribution in [3.05, 3.63) is 11.4 Å². The van der Waals surface area contributed by atoms with Crippen LogP contribution >= 0.6 is 11.8 Å². The lowest BCUT2D eigenvalue weighted by atomic mass is 10.3. The first kappa shape index (κ1) is 15.0. The van der Waals surface area contributed by atoms with Gasteiger partial charge in [0.1, 0.15) is 0 Å². The van der Waals surface area contributed by atoms with Crippen molar-refractivity contribution in [3.8, 4) is 0 Å². The van der Waals surface area contributed by atoms with E-state index in [4.69, 9.17) is 4.74 Å². The predicted molar refractivity (Wildman–Crippen MR) is 69.7 cm³/mol. The summed E-state index contributed by atoms with van der Waals surface area (Å²) >= 11 is 1.88. The second-order valence-electron chi connectivity index (χ2n) is 3.58. The van der Waals surface area contributed by atoms with Crippen LogP contribution in [0.1, 0.15) is 29.5 Å². The maximum atomic E-state index is 11.5. The van der Waals surface area contributed by atoms with Crippen molar-refractivity contribution in [1.29, 1.82) is 0 Å². The highest BCUT2D eigenvalue weighted by Gasteiger charge is 2.19. The maximum absolute atomic E-state index is 11.5. The summed E-state index contributed by atoms with van der Waals surface area (Å²) in [4.78, 5) is 11.5. The quantitative estimate of drug-likeness (QED) is 0.526. The minimum Gasteiger partial charge on any atom is -0.464 e. The van der Waals surface area contributed by atoms with E-state index in [1.54, 1.807) is 11.8 Å². The molecule has 0 aliphatic carbocycles. The van der Waals surface area contributed by atoms with Crippen molar-refractivity contribution in [2.45, 2.75) is 26.5 Å². The monoisotopic (exact) mass is 273 g/mol. The third kappa shape index (κ3) is 3.99. The number of hydrogen-bond acceptors (Lipinski definition) is 6. The Kier molecular flexibility index (Phi) is 6.74. The summed E-state index contributed by atoms with van der Waals surface area (Å²) in [7, 11) is 2.90. The summed E-state index contributed by atoms with van der Waals surface area (Å²) in [6.45, 7) is 3.17. The third-order valence-electron chi connectivity index (χ3n) is 2.36. The van der Waals surface area contributed by atoms with E-state index in [1.165, 1.54) is 7.11 Å². The molecule has 0 bridgehead atoms. The number of carbonyl (C=O) groups excluding carboxylic acids is 1. The van der Waals surface area contributed by atoms with Crippen LogP contribution in [0.25, 0.3) is 0 Å². The number of ether oxygens (including phenoxy) is 2. The predicted octanol–water partition coefficient (Wildman–Crippen LogP) is 1.35. The van der Waals surface area contributed by atoms with Gasteiger partial charge >= 0.3 is 5.97 Å². The van der Waals surface area contributed by atoms with E-state index in [-0.39, 0.29) is 5.69 Å². The molecule has 0 aliphatic rings. The number of aromatic nitrogens is 3. The fraction of sp³-hybridized carbons (Fsp3) is 0.727. The number of thioether (sulfide) groups is 1. The van der Waals surface area contributed by atoms with Crippen molar-refractivity contribution in [3.63, 3.8) is 0 Å². The van der Waals surface area contributed by atoms with Crippen LogP contribution in [0.15, 0.2) is 0 Å². The van der Waals surface area contributed by atoms with E-state index in [0.717, 1.165) is 24.5 Å². The maximum Gasteiger partial charge on any atom is 0.360 e. The Morgan fingerprint density at radius 3 is 2.83 bits per heavy atom. The fourth-order valence-electron chi connectivity index (χ4n) is 1.51. The van der Waals surface area contributed by atoms with Gasteiger partial charge in [-0.1, -0.05) is 12.1 Å². The zero-order valence-electron chi connectivity index (χ0n) is 11.0. The van der Waals surface area contributed by atoms with Gasteiger partial charge in [-0.25, -0.2) is 9.48 Å². The van der Waals surface area contributed by atoms with Gasteiger partial charge in [-0.05, 0) is 17.9 Å². The van der Waals surface area contributed by atoms with Crippen molar-refractivity contribution in [2.24, 2.45) is 0 Å². The second-order valence-corrected chi connectivity index (χ2v) is 4.98. The van der Waals surface area contributed by atoms with E-state index in [1.807, 2.05) is 11.8 Å². The first-order valence-electron chi connectivity index (χ1n) is 5.81. The Morgan fingerprint density at radius 1 is 1.44 bits per heavy atom. The van der Waals surface area contributed by atoms with Crippen LogP contribution < -0.4 is 0 Å².